The van der Waals surface area contributed by atoms with Crippen LogP contribution in [-0.2, 0) is 27.9 Å². The molecule has 0 N–H and O–H groups in total. The van der Waals surface area contributed by atoms with Crippen molar-refractivity contribution in [2.75, 3.05) is 52.2 Å². The predicted octanol–water partition coefficient (Wildman–Crippen LogP) is 4.35. The fourth-order valence-electron chi connectivity index (χ4n) is 2.97. The Labute approximate surface area is 177 Å². The zero-order valence-corrected chi connectivity index (χ0v) is 20.6. The van der Waals surface area contributed by atoms with Crippen LogP contribution in [0.4, 0.5) is 0 Å². The van der Waals surface area contributed by atoms with Crippen LogP contribution >= 0.6 is 7.60 Å². The van der Waals surface area contributed by atoms with Crippen molar-refractivity contribution in [1.82, 2.24) is 4.90 Å². The molecule has 0 aromatic rings. The average Bonchev–Trinajstić information content (AvgIpc) is 2.54. The molecule has 1 fully saturated rings. The highest BCUT2D eigenvalue weighted by atomic mass is 31.2. The third-order valence-corrected chi connectivity index (χ3v) is 7.13. The Morgan fingerprint density at radius 1 is 1.00 bits per heavy atom. The molecule has 0 amide bonds. The number of morpholine rings is 1. The Morgan fingerprint density at radius 3 is 2.10 bits per heavy atom. The molecule has 0 bridgehead atoms. The summed E-state index contributed by atoms with van der Waals surface area (Å²) < 4.78 is 35.3. The molecule has 1 aliphatic rings. The lowest BCUT2D eigenvalue weighted by molar-refractivity contribution is -0.155. The van der Waals surface area contributed by atoms with E-state index in [2.05, 4.69) is 4.90 Å². The quantitative estimate of drug-likeness (QED) is 0.287. The van der Waals surface area contributed by atoms with E-state index in [0.29, 0.717) is 12.6 Å². The van der Waals surface area contributed by atoms with E-state index in [1.165, 1.54) is 0 Å². The summed E-state index contributed by atoms with van der Waals surface area (Å²) in [7, 11) is -3.30. The first-order chi connectivity index (χ1) is 13.1. The Morgan fingerprint density at radius 2 is 1.59 bits per heavy atom. The SMILES string of the molecule is CC(C)(C)CP(=O)(OCCOC(=O)C(C)(C)CCN1CCOCC1)OC(C)(C)C. The summed E-state index contributed by atoms with van der Waals surface area (Å²) in [4.78, 5) is 14.8. The number of hydrogen-bond donors (Lipinski definition) is 0. The Balaban J connectivity index is 2.47. The molecule has 0 saturated carbocycles. The molecule has 1 heterocycles. The summed E-state index contributed by atoms with van der Waals surface area (Å²) in [6.45, 7) is 19.5. The van der Waals surface area contributed by atoms with Crippen molar-refractivity contribution in [3.05, 3.63) is 0 Å². The molecule has 1 aliphatic heterocycles. The second kappa shape index (κ2) is 10.7. The zero-order chi connectivity index (χ0) is 22.3. The van der Waals surface area contributed by atoms with Gasteiger partial charge in [0.1, 0.15) is 6.61 Å². The molecule has 0 aliphatic carbocycles. The number of nitrogens with zero attached hydrogens (tertiary/aromatic N) is 1. The fourth-order valence-corrected chi connectivity index (χ4v) is 5.53. The summed E-state index contributed by atoms with van der Waals surface area (Å²) in [6, 6.07) is 0. The van der Waals surface area contributed by atoms with Crippen LogP contribution in [0.15, 0.2) is 0 Å². The molecule has 0 spiro atoms. The van der Waals surface area contributed by atoms with Crippen LogP contribution in [0.1, 0.15) is 61.8 Å². The molecule has 1 unspecified atom stereocenters. The van der Waals surface area contributed by atoms with Crippen molar-refractivity contribution in [1.29, 1.82) is 0 Å². The maximum Gasteiger partial charge on any atom is 0.331 e. The Kier molecular flexibility index (Phi) is 9.82. The fraction of sp³-hybridized carbons (Fsp3) is 0.952. The number of rotatable bonds is 10. The van der Waals surface area contributed by atoms with E-state index >= 15 is 0 Å². The molecule has 0 aromatic carbocycles. The van der Waals surface area contributed by atoms with Crippen LogP contribution in [0.3, 0.4) is 0 Å². The van der Waals surface area contributed by atoms with Crippen LogP contribution in [0.5, 0.6) is 0 Å². The molecule has 8 heteroatoms. The first kappa shape index (κ1) is 26.6. The summed E-state index contributed by atoms with van der Waals surface area (Å²) in [5.41, 5.74) is -1.38. The van der Waals surface area contributed by atoms with Gasteiger partial charge in [-0.3, -0.25) is 14.3 Å². The molecule has 7 nitrogen and oxygen atoms in total. The van der Waals surface area contributed by atoms with Gasteiger partial charge in [0.25, 0.3) is 0 Å². The molecular formula is C21H42NO6P. The van der Waals surface area contributed by atoms with Crippen LogP contribution < -0.4 is 0 Å². The summed E-state index contributed by atoms with van der Waals surface area (Å²) in [6.07, 6.45) is 1.01. The summed E-state index contributed by atoms with van der Waals surface area (Å²) in [5, 5.41) is 0. The highest BCUT2D eigenvalue weighted by Gasteiger charge is 2.36. The lowest BCUT2D eigenvalue weighted by Gasteiger charge is -2.31. The minimum Gasteiger partial charge on any atom is -0.463 e. The first-order valence-electron chi connectivity index (χ1n) is 10.5. The molecule has 1 rings (SSSR count). The van der Waals surface area contributed by atoms with Gasteiger partial charge < -0.3 is 18.5 Å². The monoisotopic (exact) mass is 435 g/mol. The first-order valence-corrected chi connectivity index (χ1v) is 12.3. The minimum atomic E-state index is -3.30. The van der Waals surface area contributed by atoms with Gasteiger partial charge in [-0.15, -0.1) is 0 Å². The van der Waals surface area contributed by atoms with Crippen LogP contribution in [-0.4, -0.2) is 68.7 Å². The minimum absolute atomic E-state index is 0.0503. The van der Waals surface area contributed by atoms with Gasteiger partial charge >= 0.3 is 13.6 Å². The van der Waals surface area contributed by atoms with Crippen LogP contribution in [0, 0.1) is 10.8 Å². The van der Waals surface area contributed by atoms with E-state index in [1.54, 1.807) is 0 Å². The molecule has 0 aromatic heterocycles. The number of hydrogen-bond acceptors (Lipinski definition) is 7. The second-order valence-electron chi connectivity index (χ2n) is 10.6. The van der Waals surface area contributed by atoms with E-state index in [-0.39, 0.29) is 24.6 Å². The largest absolute Gasteiger partial charge is 0.463 e. The number of esters is 1. The lowest BCUT2D eigenvalue weighted by atomic mass is 9.89. The van der Waals surface area contributed by atoms with Gasteiger partial charge in [0.15, 0.2) is 0 Å². The number of ether oxygens (including phenoxy) is 2. The Bertz CT molecular complexity index is 538. The maximum atomic E-state index is 13.2. The lowest BCUT2D eigenvalue weighted by Crippen LogP contribution is -2.39. The third kappa shape index (κ3) is 11.5. The third-order valence-electron chi connectivity index (χ3n) is 4.39. The average molecular weight is 436 g/mol. The van der Waals surface area contributed by atoms with E-state index in [1.807, 2.05) is 55.4 Å². The smallest absolute Gasteiger partial charge is 0.331 e. The van der Waals surface area contributed by atoms with Gasteiger partial charge in [0.2, 0.25) is 0 Å². The van der Waals surface area contributed by atoms with Crippen molar-refractivity contribution in [2.45, 2.75) is 67.4 Å². The van der Waals surface area contributed by atoms with Crippen molar-refractivity contribution in [3.63, 3.8) is 0 Å². The standard InChI is InChI=1S/C21H42NO6P/c1-19(2,3)17-29(24,28-20(4,5)6)27-16-15-26-18(23)21(7,8)9-10-22-11-13-25-14-12-22/h9-17H2,1-8H3. The molecule has 172 valence electrons. The van der Waals surface area contributed by atoms with Crippen LogP contribution in [0.2, 0.25) is 0 Å². The summed E-state index contributed by atoms with van der Waals surface area (Å²) >= 11 is 0. The number of carbonyl (C=O) groups is 1. The Hall–Kier alpha value is -0.460. The predicted molar refractivity (Wildman–Crippen MR) is 115 cm³/mol. The highest BCUT2D eigenvalue weighted by molar-refractivity contribution is 7.53. The maximum absolute atomic E-state index is 13.2. The van der Waals surface area contributed by atoms with Gasteiger partial charge in [0.05, 0.1) is 37.0 Å². The molecule has 1 saturated heterocycles. The topological polar surface area (TPSA) is 74.3 Å². The normalized spacial score (nSPS) is 19.0. The van der Waals surface area contributed by atoms with Crippen molar-refractivity contribution in [3.8, 4) is 0 Å². The second-order valence-corrected chi connectivity index (χ2v) is 12.6. The number of carbonyl (C=O) groups excluding carboxylic acids is 1. The molecule has 0 radical (unpaired) electrons. The van der Waals surface area contributed by atoms with Gasteiger partial charge in [-0.25, -0.2) is 0 Å². The van der Waals surface area contributed by atoms with Gasteiger partial charge in [-0.2, -0.15) is 0 Å². The van der Waals surface area contributed by atoms with Crippen molar-refractivity contribution >= 4 is 13.6 Å². The van der Waals surface area contributed by atoms with Crippen LogP contribution in [0.25, 0.3) is 0 Å². The molecule has 29 heavy (non-hydrogen) atoms. The summed E-state index contributed by atoms with van der Waals surface area (Å²) in [5.74, 6) is -0.267. The highest BCUT2D eigenvalue weighted by Crippen LogP contribution is 2.54. The van der Waals surface area contributed by atoms with Crippen molar-refractivity contribution in [2.24, 2.45) is 10.8 Å². The van der Waals surface area contributed by atoms with E-state index in [4.69, 9.17) is 18.5 Å². The molecule has 1 atom stereocenters. The van der Waals surface area contributed by atoms with Gasteiger partial charge in [-0.1, -0.05) is 20.8 Å². The van der Waals surface area contributed by atoms with Gasteiger partial charge in [0, 0.05) is 13.1 Å². The van der Waals surface area contributed by atoms with E-state index in [9.17, 15) is 9.36 Å². The van der Waals surface area contributed by atoms with Crippen molar-refractivity contribution < 1.29 is 27.9 Å². The van der Waals surface area contributed by atoms with Gasteiger partial charge in [-0.05, 0) is 53.0 Å². The van der Waals surface area contributed by atoms with E-state index in [0.717, 1.165) is 32.8 Å². The molecular weight excluding hydrogens is 393 g/mol. The zero-order valence-electron chi connectivity index (χ0n) is 19.7. The van der Waals surface area contributed by atoms with E-state index < -0.39 is 18.6 Å².